The van der Waals surface area contributed by atoms with E-state index in [-0.39, 0.29) is 17.1 Å². The molecule has 1 unspecified atom stereocenters. The highest BCUT2D eigenvalue weighted by Gasteiger charge is 2.39. The minimum Gasteiger partial charge on any atom is -0.462 e. The van der Waals surface area contributed by atoms with E-state index in [1.807, 2.05) is 72.8 Å². The van der Waals surface area contributed by atoms with Crippen molar-refractivity contribution < 1.29 is 14.3 Å². The predicted octanol–water partition coefficient (Wildman–Crippen LogP) is 5.24. The Morgan fingerprint density at radius 2 is 1.61 bits per heavy atom. The van der Waals surface area contributed by atoms with Crippen LogP contribution in [0.3, 0.4) is 0 Å². The first-order chi connectivity index (χ1) is 15.2. The summed E-state index contributed by atoms with van der Waals surface area (Å²) in [6, 6.07) is 26.4. The number of carbonyl (C=O) groups excluding carboxylic acids is 2. The molecule has 31 heavy (non-hydrogen) atoms. The summed E-state index contributed by atoms with van der Waals surface area (Å²) in [6.07, 6.45) is 0.545. The maximum atomic E-state index is 13.3. The van der Waals surface area contributed by atoms with E-state index in [9.17, 15) is 9.59 Å². The van der Waals surface area contributed by atoms with Crippen LogP contribution in [-0.4, -0.2) is 28.9 Å². The molecule has 4 rings (SSSR count). The number of esters is 1. The maximum Gasteiger partial charge on any atom is 0.338 e. The maximum absolute atomic E-state index is 13.3. The van der Waals surface area contributed by atoms with Crippen LogP contribution in [0.4, 0.5) is 11.4 Å². The van der Waals surface area contributed by atoms with Crippen molar-refractivity contribution >= 4 is 40.2 Å². The first-order valence-electron chi connectivity index (χ1n) is 10.1. The summed E-state index contributed by atoms with van der Waals surface area (Å²) in [5.41, 5.74) is 3.09. The number of thioether (sulfide) groups is 1. The van der Waals surface area contributed by atoms with Crippen LogP contribution in [0.5, 0.6) is 0 Å². The lowest BCUT2D eigenvalue weighted by molar-refractivity contribution is -0.116. The lowest BCUT2D eigenvalue weighted by atomic mass is 10.1. The quantitative estimate of drug-likeness (QED) is 0.502. The second-order valence-corrected chi connectivity index (χ2v) is 8.14. The fraction of sp³-hybridized carbons (Fsp3) is 0.160. The molecule has 0 aromatic heterocycles. The number of para-hydroxylation sites is 2. The third kappa shape index (κ3) is 4.86. The molecule has 1 atom stereocenters. The Morgan fingerprint density at radius 1 is 0.968 bits per heavy atom. The zero-order valence-corrected chi connectivity index (χ0v) is 17.9. The highest BCUT2D eigenvalue weighted by Crippen LogP contribution is 2.35. The van der Waals surface area contributed by atoms with Gasteiger partial charge in [-0.1, -0.05) is 60.3 Å². The van der Waals surface area contributed by atoms with Crippen LogP contribution in [0.15, 0.2) is 89.9 Å². The van der Waals surface area contributed by atoms with Gasteiger partial charge in [0.25, 0.3) is 0 Å². The van der Waals surface area contributed by atoms with E-state index in [2.05, 4.69) is 0 Å². The predicted molar refractivity (Wildman–Crippen MR) is 125 cm³/mol. The Hall–Kier alpha value is -3.38. The average Bonchev–Trinajstić information content (AvgIpc) is 3.10. The largest absolute Gasteiger partial charge is 0.462 e. The Labute approximate surface area is 185 Å². The molecule has 1 aliphatic heterocycles. The van der Waals surface area contributed by atoms with E-state index in [0.717, 1.165) is 16.9 Å². The number of aliphatic imine (C=N–C) groups is 1. The Kier molecular flexibility index (Phi) is 6.48. The molecule has 1 heterocycles. The summed E-state index contributed by atoms with van der Waals surface area (Å²) in [6.45, 7) is 2.12. The Morgan fingerprint density at radius 3 is 2.26 bits per heavy atom. The molecule has 1 amide bonds. The highest BCUT2D eigenvalue weighted by atomic mass is 32.2. The molecular formula is C25H22N2O3S. The second kappa shape index (κ2) is 9.62. The highest BCUT2D eigenvalue weighted by molar-refractivity contribution is 8.16. The number of carbonyl (C=O) groups is 2. The summed E-state index contributed by atoms with van der Waals surface area (Å²) < 4.78 is 5.03. The number of rotatable bonds is 6. The molecule has 0 saturated carbocycles. The van der Waals surface area contributed by atoms with Gasteiger partial charge in [-0.05, 0) is 55.3 Å². The molecule has 0 radical (unpaired) electrons. The fourth-order valence-electron chi connectivity index (χ4n) is 3.31. The van der Waals surface area contributed by atoms with Gasteiger partial charge < -0.3 is 4.74 Å². The van der Waals surface area contributed by atoms with Crippen molar-refractivity contribution in [3.63, 3.8) is 0 Å². The molecule has 3 aromatic rings. The van der Waals surface area contributed by atoms with Crippen molar-refractivity contribution in [2.45, 2.75) is 18.6 Å². The standard InChI is InChI=1S/C25H22N2O3S/c1-2-30-24(29)19-15-13-18(14-16-19)17-22-23(28)27(21-11-7-4-8-12-21)25(31-22)26-20-9-5-3-6-10-20/h3-16,22H,2,17H2,1H3. The van der Waals surface area contributed by atoms with Gasteiger partial charge in [0.1, 0.15) is 0 Å². The van der Waals surface area contributed by atoms with Crippen LogP contribution >= 0.6 is 11.8 Å². The van der Waals surface area contributed by atoms with Gasteiger partial charge >= 0.3 is 5.97 Å². The van der Waals surface area contributed by atoms with Crippen molar-refractivity contribution in [1.29, 1.82) is 0 Å². The number of amides is 1. The summed E-state index contributed by atoms with van der Waals surface area (Å²) in [4.78, 5) is 31.6. The molecule has 156 valence electrons. The third-order valence-corrected chi connectivity index (χ3v) is 5.95. The number of hydrogen-bond acceptors (Lipinski definition) is 5. The SMILES string of the molecule is CCOC(=O)c1ccc(CC2SC(=Nc3ccccc3)N(c3ccccc3)C2=O)cc1. The molecule has 1 fully saturated rings. The number of amidine groups is 1. The number of ether oxygens (including phenoxy) is 1. The summed E-state index contributed by atoms with van der Waals surface area (Å²) in [5, 5.41) is 0.367. The van der Waals surface area contributed by atoms with Crippen LogP contribution in [0.1, 0.15) is 22.8 Å². The molecule has 0 spiro atoms. The van der Waals surface area contributed by atoms with Gasteiger partial charge in [0.05, 0.1) is 28.8 Å². The Balaban J connectivity index is 1.58. The summed E-state index contributed by atoms with van der Waals surface area (Å²) in [5.74, 6) is -0.340. The first kappa shape index (κ1) is 20.9. The summed E-state index contributed by atoms with van der Waals surface area (Å²) >= 11 is 1.46. The number of hydrogen-bond donors (Lipinski definition) is 0. The lowest BCUT2D eigenvalue weighted by Crippen LogP contribution is -2.32. The fourth-order valence-corrected chi connectivity index (χ4v) is 4.50. The van der Waals surface area contributed by atoms with Gasteiger partial charge in [0, 0.05) is 0 Å². The number of anilines is 1. The van der Waals surface area contributed by atoms with Gasteiger partial charge in [-0.15, -0.1) is 0 Å². The van der Waals surface area contributed by atoms with Crippen molar-refractivity contribution in [3.8, 4) is 0 Å². The first-order valence-corrected chi connectivity index (χ1v) is 11.0. The molecule has 5 nitrogen and oxygen atoms in total. The summed E-state index contributed by atoms with van der Waals surface area (Å²) in [7, 11) is 0. The normalized spacial score (nSPS) is 17.2. The molecule has 6 heteroatoms. The van der Waals surface area contributed by atoms with Crippen molar-refractivity contribution in [2.24, 2.45) is 4.99 Å². The third-order valence-electron chi connectivity index (χ3n) is 4.82. The van der Waals surface area contributed by atoms with E-state index < -0.39 is 0 Å². The molecule has 1 saturated heterocycles. The number of nitrogens with zero attached hydrogens (tertiary/aromatic N) is 2. The molecule has 0 bridgehead atoms. The van der Waals surface area contributed by atoms with Crippen molar-refractivity contribution in [3.05, 3.63) is 96.1 Å². The van der Waals surface area contributed by atoms with Crippen LogP contribution in [-0.2, 0) is 16.0 Å². The van der Waals surface area contributed by atoms with Gasteiger partial charge in [0.15, 0.2) is 5.17 Å². The van der Waals surface area contributed by atoms with Gasteiger partial charge in [-0.25, -0.2) is 9.79 Å². The van der Waals surface area contributed by atoms with E-state index in [1.165, 1.54) is 11.8 Å². The van der Waals surface area contributed by atoms with Crippen LogP contribution in [0.2, 0.25) is 0 Å². The molecule has 0 N–H and O–H groups in total. The monoisotopic (exact) mass is 430 g/mol. The minimum atomic E-state index is -0.340. The van der Waals surface area contributed by atoms with E-state index in [0.29, 0.717) is 23.8 Å². The zero-order chi connectivity index (χ0) is 21.6. The van der Waals surface area contributed by atoms with Crippen molar-refractivity contribution in [2.75, 3.05) is 11.5 Å². The van der Waals surface area contributed by atoms with E-state index >= 15 is 0 Å². The zero-order valence-electron chi connectivity index (χ0n) is 17.1. The van der Waals surface area contributed by atoms with Crippen LogP contribution in [0.25, 0.3) is 0 Å². The smallest absolute Gasteiger partial charge is 0.338 e. The molecule has 1 aliphatic rings. The van der Waals surface area contributed by atoms with Gasteiger partial charge in [-0.3, -0.25) is 9.69 Å². The number of benzene rings is 3. The van der Waals surface area contributed by atoms with E-state index in [1.54, 1.807) is 24.0 Å². The van der Waals surface area contributed by atoms with Crippen molar-refractivity contribution in [1.82, 2.24) is 0 Å². The Bertz CT molecular complexity index is 1080. The van der Waals surface area contributed by atoms with Gasteiger partial charge in [-0.2, -0.15) is 0 Å². The second-order valence-electron chi connectivity index (χ2n) is 6.97. The van der Waals surface area contributed by atoms with Crippen LogP contribution in [0, 0.1) is 0 Å². The lowest BCUT2D eigenvalue weighted by Gasteiger charge is -2.16. The molecular weight excluding hydrogens is 408 g/mol. The van der Waals surface area contributed by atoms with Gasteiger partial charge in [0.2, 0.25) is 5.91 Å². The molecule has 3 aromatic carbocycles. The van der Waals surface area contributed by atoms with Crippen LogP contribution < -0.4 is 4.90 Å². The average molecular weight is 431 g/mol. The topological polar surface area (TPSA) is 59.0 Å². The minimum absolute atomic E-state index is 0.000324. The molecule has 0 aliphatic carbocycles. The van der Waals surface area contributed by atoms with E-state index in [4.69, 9.17) is 9.73 Å².